The molecule has 3 unspecified atom stereocenters. The molecule has 156 valence electrons. The zero-order valence-corrected chi connectivity index (χ0v) is 18.9. The van der Waals surface area contributed by atoms with Crippen LogP contribution in [0.3, 0.4) is 0 Å². The quantitative estimate of drug-likeness (QED) is 0.475. The molecular weight excluding hydrogens is 376 g/mol. The van der Waals surface area contributed by atoms with Crippen molar-refractivity contribution in [3.63, 3.8) is 0 Å². The van der Waals surface area contributed by atoms with E-state index in [1.807, 2.05) is 30.4 Å². The number of aromatic hydroxyl groups is 1. The minimum Gasteiger partial charge on any atom is -0.508 e. The van der Waals surface area contributed by atoms with E-state index in [4.69, 9.17) is 0 Å². The maximum Gasteiger partial charge on any atom is 0.118 e. The lowest BCUT2D eigenvalue weighted by Gasteiger charge is -2.26. The lowest BCUT2D eigenvalue weighted by atomic mass is 9.86. The Morgan fingerprint density at radius 1 is 1.24 bits per heavy atom. The van der Waals surface area contributed by atoms with Crippen molar-refractivity contribution in [3.05, 3.63) is 58.1 Å². The Balaban J connectivity index is 1.38. The Morgan fingerprint density at radius 3 is 2.69 bits per heavy atom. The number of nitrogens with one attached hydrogen (secondary N) is 2. The van der Waals surface area contributed by atoms with Crippen LogP contribution in [0.1, 0.15) is 68.4 Å². The van der Waals surface area contributed by atoms with Crippen LogP contribution in [0.5, 0.6) is 5.75 Å². The van der Waals surface area contributed by atoms with Crippen molar-refractivity contribution in [3.8, 4) is 5.75 Å². The van der Waals surface area contributed by atoms with Crippen molar-refractivity contribution < 1.29 is 5.11 Å². The van der Waals surface area contributed by atoms with E-state index >= 15 is 0 Å². The standard InChI is InChI=1S/C25H34N2OS/c1-5-19-12-21(26-15-19)17(3)18(4)23-8-9-24(29-23)27-25(10-11-25)14-20-7-6-16(2)22(28)13-20/h6-9,13,15,17-18,21,26-28H,5,10-12,14H2,1-4H3. The van der Waals surface area contributed by atoms with E-state index in [1.54, 1.807) is 5.57 Å². The zero-order valence-electron chi connectivity index (χ0n) is 18.1. The van der Waals surface area contributed by atoms with Gasteiger partial charge in [0.15, 0.2) is 0 Å². The first-order valence-corrected chi connectivity index (χ1v) is 11.8. The van der Waals surface area contributed by atoms with Crippen molar-refractivity contribution in [2.75, 3.05) is 5.32 Å². The van der Waals surface area contributed by atoms with Crippen LogP contribution in [-0.4, -0.2) is 16.7 Å². The number of hydrogen-bond acceptors (Lipinski definition) is 4. The molecule has 2 heterocycles. The van der Waals surface area contributed by atoms with E-state index in [9.17, 15) is 5.11 Å². The van der Waals surface area contributed by atoms with Gasteiger partial charge in [-0.2, -0.15) is 0 Å². The molecule has 4 rings (SSSR count). The predicted molar refractivity (Wildman–Crippen MR) is 124 cm³/mol. The molecule has 3 N–H and O–H groups in total. The van der Waals surface area contributed by atoms with Crippen LogP contribution in [0.15, 0.2) is 42.1 Å². The zero-order chi connectivity index (χ0) is 20.6. The second-order valence-electron chi connectivity index (χ2n) is 9.19. The number of phenols is 1. The summed E-state index contributed by atoms with van der Waals surface area (Å²) in [5.41, 5.74) is 3.85. The highest BCUT2D eigenvalue weighted by molar-refractivity contribution is 7.16. The van der Waals surface area contributed by atoms with E-state index < -0.39 is 0 Å². The van der Waals surface area contributed by atoms with Crippen LogP contribution < -0.4 is 10.6 Å². The van der Waals surface area contributed by atoms with Crippen LogP contribution in [0, 0.1) is 12.8 Å². The van der Waals surface area contributed by atoms with Gasteiger partial charge in [0.2, 0.25) is 0 Å². The summed E-state index contributed by atoms with van der Waals surface area (Å²) in [6.45, 7) is 8.94. The molecule has 0 saturated heterocycles. The van der Waals surface area contributed by atoms with E-state index in [0.29, 0.717) is 23.6 Å². The normalized spacial score (nSPS) is 21.9. The van der Waals surface area contributed by atoms with Gasteiger partial charge in [-0.1, -0.05) is 38.5 Å². The number of thiophene rings is 1. The largest absolute Gasteiger partial charge is 0.508 e. The lowest BCUT2D eigenvalue weighted by molar-refractivity contribution is 0.375. The van der Waals surface area contributed by atoms with E-state index in [-0.39, 0.29) is 5.54 Å². The first kappa shape index (κ1) is 20.3. The molecule has 0 amide bonds. The second kappa shape index (κ2) is 8.06. The minimum absolute atomic E-state index is 0.158. The Hall–Kier alpha value is -1.94. The van der Waals surface area contributed by atoms with Gasteiger partial charge in [0.1, 0.15) is 5.75 Å². The van der Waals surface area contributed by atoms with Gasteiger partial charge in [-0.05, 0) is 86.4 Å². The fourth-order valence-electron chi connectivity index (χ4n) is 4.40. The van der Waals surface area contributed by atoms with Crippen molar-refractivity contribution in [2.24, 2.45) is 5.92 Å². The van der Waals surface area contributed by atoms with Crippen LogP contribution in [-0.2, 0) is 6.42 Å². The summed E-state index contributed by atoms with van der Waals surface area (Å²) in [5, 5.41) is 18.7. The van der Waals surface area contributed by atoms with Gasteiger partial charge < -0.3 is 15.7 Å². The Labute approximate surface area is 179 Å². The average Bonchev–Trinajstić information content (AvgIpc) is 3.11. The Kier molecular flexibility index (Phi) is 5.65. The average molecular weight is 411 g/mol. The number of benzene rings is 1. The highest BCUT2D eigenvalue weighted by Crippen LogP contribution is 2.45. The fourth-order valence-corrected chi connectivity index (χ4v) is 5.59. The Morgan fingerprint density at radius 2 is 2.03 bits per heavy atom. The third-order valence-corrected chi connectivity index (χ3v) is 8.20. The molecule has 1 saturated carbocycles. The predicted octanol–water partition coefficient (Wildman–Crippen LogP) is 6.34. The van der Waals surface area contributed by atoms with Gasteiger partial charge in [0.25, 0.3) is 0 Å². The third-order valence-electron chi connectivity index (χ3n) is 6.99. The maximum absolute atomic E-state index is 10.0. The summed E-state index contributed by atoms with van der Waals surface area (Å²) in [6.07, 6.45) is 7.92. The lowest BCUT2D eigenvalue weighted by Crippen LogP contribution is -2.30. The Bertz CT molecular complexity index is 896. The third kappa shape index (κ3) is 4.48. The summed E-state index contributed by atoms with van der Waals surface area (Å²) < 4.78 is 0. The van der Waals surface area contributed by atoms with Crippen LogP contribution >= 0.6 is 11.3 Å². The van der Waals surface area contributed by atoms with Gasteiger partial charge in [-0.3, -0.25) is 0 Å². The van der Waals surface area contributed by atoms with Gasteiger partial charge in [-0.25, -0.2) is 0 Å². The highest BCUT2D eigenvalue weighted by atomic mass is 32.1. The van der Waals surface area contributed by atoms with Crippen molar-refractivity contribution in [1.29, 1.82) is 0 Å². The molecule has 0 bridgehead atoms. The van der Waals surface area contributed by atoms with Gasteiger partial charge >= 0.3 is 0 Å². The molecule has 2 aliphatic rings. The maximum atomic E-state index is 10.0. The summed E-state index contributed by atoms with van der Waals surface area (Å²) >= 11 is 1.91. The molecule has 1 fully saturated rings. The molecule has 4 heteroatoms. The number of hydrogen-bond donors (Lipinski definition) is 3. The molecule has 1 aliphatic heterocycles. The number of phenolic OH excluding ortho intramolecular Hbond substituents is 1. The molecular formula is C25H34N2OS. The first-order valence-electron chi connectivity index (χ1n) is 11.0. The van der Waals surface area contributed by atoms with E-state index in [2.05, 4.69) is 55.8 Å². The topological polar surface area (TPSA) is 44.3 Å². The molecule has 1 aromatic heterocycles. The van der Waals surface area contributed by atoms with Crippen LogP contribution in [0.25, 0.3) is 0 Å². The smallest absolute Gasteiger partial charge is 0.118 e. The van der Waals surface area contributed by atoms with E-state index in [1.165, 1.54) is 34.7 Å². The molecule has 0 spiro atoms. The fraction of sp³-hybridized carbons (Fsp3) is 0.520. The van der Waals surface area contributed by atoms with Gasteiger partial charge in [-0.15, -0.1) is 11.3 Å². The highest BCUT2D eigenvalue weighted by Gasteiger charge is 2.43. The molecule has 3 nitrogen and oxygen atoms in total. The molecule has 29 heavy (non-hydrogen) atoms. The first-order chi connectivity index (χ1) is 13.9. The van der Waals surface area contributed by atoms with Gasteiger partial charge in [0, 0.05) is 16.5 Å². The summed E-state index contributed by atoms with van der Waals surface area (Å²) in [4.78, 5) is 1.47. The second-order valence-corrected chi connectivity index (χ2v) is 10.3. The summed E-state index contributed by atoms with van der Waals surface area (Å²) in [6, 6.07) is 11.2. The SMILES string of the molecule is CCC1=CNC(C(C)C(C)c2ccc(NC3(Cc4ccc(C)c(O)c4)CC3)s2)C1. The van der Waals surface area contributed by atoms with Crippen molar-refractivity contribution in [2.45, 2.75) is 77.3 Å². The summed E-state index contributed by atoms with van der Waals surface area (Å²) in [7, 11) is 0. The molecule has 0 radical (unpaired) electrons. The molecule has 1 aliphatic carbocycles. The molecule has 1 aromatic carbocycles. The van der Waals surface area contributed by atoms with Crippen molar-refractivity contribution in [1.82, 2.24) is 5.32 Å². The number of rotatable bonds is 8. The van der Waals surface area contributed by atoms with Crippen molar-refractivity contribution >= 4 is 16.3 Å². The number of aryl methyl sites for hydroxylation is 1. The molecule has 3 atom stereocenters. The molecule has 2 aromatic rings. The van der Waals surface area contributed by atoms with Crippen LogP contribution in [0.2, 0.25) is 0 Å². The van der Waals surface area contributed by atoms with Crippen LogP contribution in [0.4, 0.5) is 5.00 Å². The number of anilines is 1. The van der Waals surface area contributed by atoms with Gasteiger partial charge in [0.05, 0.1) is 5.00 Å². The van der Waals surface area contributed by atoms with E-state index in [0.717, 1.165) is 18.4 Å². The summed E-state index contributed by atoms with van der Waals surface area (Å²) in [5.74, 6) is 1.55. The minimum atomic E-state index is 0.158. The monoisotopic (exact) mass is 410 g/mol.